The van der Waals surface area contributed by atoms with Gasteiger partial charge >= 0.3 is 0 Å². The van der Waals surface area contributed by atoms with Gasteiger partial charge in [-0.3, -0.25) is 4.79 Å². The molecule has 2 bridgehead atoms. The number of hydrogen-bond acceptors (Lipinski definition) is 2. The number of amides is 1. The summed E-state index contributed by atoms with van der Waals surface area (Å²) in [5.41, 5.74) is 0. The van der Waals surface area contributed by atoms with E-state index in [4.69, 9.17) is 4.74 Å². The number of rotatable bonds is 1. The third-order valence-electron chi connectivity index (χ3n) is 2.91. The molecule has 0 N–H and O–H groups in total. The number of carbonyl (C=O) groups excluding carboxylic acids is 1. The molecular weight excluding hydrogens is 166 g/mol. The molecule has 72 valence electrons. The first-order valence-electron chi connectivity index (χ1n) is 4.85. The van der Waals surface area contributed by atoms with Crippen molar-refractivity contribution in [2.24, 2.45) is 0 Å². The summed E-state index contributed by atoms with van der Waals surface area (Å²) >= 11 is 0. The van der Waals surface area contributed by atoms with Gasteiger partial charge in [-0.15, -0.1) is 0 Å². The van der Waals surface area contributed by atoms with Crippen molar-refractivity contribution in [2.75, 3.05) is 13.2 Å². The molecule has 1 amide bonds. The number of hydrogen-bond donors (Lipinski definition) is 0. The van der Waals surface area contributed by atoms with Crippen molar-refractivity contribution in [3.8, 4) is 0 Å². The van der Waals surface area contributed by atoms with Crippen molar-refractivity contribution in [2.45, 2.75) is 31.3 Å². The summed E-state index contributed by atoms with van der Waals surface area (Å²) < 4.78 is 5.43. The summed E-state index contributed by atoms with van der Waals surface area (Å²) in [7, 11) is 0. The Bertz CT molecular complexity index is 205. The van der Waals surface area contributed by atoms with Crippen molar-refractivity contribution in [3.63, 3.8) is 0 Å². The highest BCUT2D eigenvalue weighted by atomic mass is 16.5. The first-order valence-corrected chi connectivity index (χ1v) is 4.85. The van der Waals surface area contributed by atoms with Gasteiger partial charge in [0.15, 0.2) is 0 Å². The minimum Gasteiger partial charge on any atom is -0.377 e. The smallest absolute Gasteiger partial charge is 0.246 e. The maximum Gasteiger partial charge on any atom is 0.246 e. The lowest BCUT2D eigenvalue weighted by atomic mass is 9.94. The van der Waals surface area contributed by atoms with Crippen molar-refractivity contribution in [1.82, 2.24) is 4.90 Å². The van der Waals surface area contributed by atoms with E-state index in [9.17, 15) is 4.79 Å². The van der Waals surface area contributed by atoms with Crippen molar-refractivity contribution < 1.29 is 9.53 Å². The lowest BCUT2D eigenvalue weighted by molar-refractivity contribution is -0.145. The van der Waals surface area contributed by atoms with Crippen LogP contribution in [0.5, 0.6) is 0 Å². The van der Waals surface area contributed by atoms with Crippen LogP contribution in [0, 0.1) is 0 Å². The number of ether oxygens (including phenoxy) is 1. The maximum atomic E-state index is 11.5. The standard InChI is InChI=1S/C10H15NO2/c1-2-10(12)11-8-4-3-5-9(11)7-13-6-8/h2,8-9H,1,3-7H2/t8-,9+. The second kappa shape index (κ2) is 3.50. The third-order valence-corrected chi connectivity index (χ3v) is 2.91. The first-order chi connectivity index (χ1) is 6.33. The Kier molecular flexibility index (Phi) is 2.36. The average molecular weight is 181 g/mol. The summed E-state index contributed by atoms with van der Waals surface area (Å²) in [5, 5.41) is 0. The molecular formula is C10H15NO2. The fourth-order valence-electron chi connectivity index (χ4n) is 2.30. The Morgan fingerprint density at radius 2 is 2.00 bits per heavy atom. The van der Waals surface area contributed by atoms with Gasteiger partial charge in [0.25, 0.3) is 0 Å². The van der Waals surface area contributed by atoms with Gasteiger partial charge in [0.1, 0.15) is 0 Å². The van der Waals surface area contributed by atoms with Gasteiger partial charge in [0, 0.05) is 0 Å². The van der Waals surface area contributed by atoms with E-state index >= 15 is 0 Å². The van der Waals surface area contributed by atoms with E-state index in [0.717, 1.165) is 12.8 Å². The molecule has 2 aliphatic heterocycles. The van der Waals surface area contributed by atoms with Crippen LogP contribution < -0.4 is 0 Å². The Labute approximate surface area is 78.4 Å². The van der Waals surface area contributed by atoms with Gasteiger partial charge in [0.05, 0.1) is 25.3 Å². The highest BCUT2D eigenvalue weighted by Crippen LogP contribution is 2.27. The molecule has 2 heterocycles. The number of morpholine rings is 1. The molecule has 2 atom stereocenters. The fraction of sp³-hybridized carbons (Fsp3) is 0.700. The third kappa shape index (κ3) is 1.48. The summed E-state index contributed by atoms with van der Waals surface area (Å²) in [4.78, 5) is 13.5. The molecule has 3 nitrogen and oxygen atoms in total. The first kappa shape index (κ1) is 8.75. The Morgan fingerprint density at radius 1 is 1.38 bits per heavy atom. The quantitative estimate of drug-likeness (QED) is 0.564. The monoisotopic (exact) mass is 181 g/mol. The lowest BCUT2D eigenvalue weighted by Gasteiger charge is -2.45. The van der Waals surface area contributed by atoms with E-state index in [1.54, 1.807) is 0 Å². The molecule has 0 aliphatic carbocycles. The molecule has 0 radical (unpaired) electrons. The second-order valence-corrected chi connectivity index (χ2v) is 3.73. The minimum atomic E-state index is 0.0676. The summed E-state index contributed by atoms with van der Waals surface area (Å²) in [6.45, 7) is 4.94. The number of carbonyl (C=O) groups is 1. The minimum absolute atomic E-state index is 0.0676. The van der Waals surface area contributed by atoms with Crippen LogP contribution in [0.2, 0.25) is 0 Å². The molecule has 0 aromatic carbocycles. The molecule has 0 saturated carbocycles. The van der Waals surface area contributed by atoms with Crippen LogP contribution in [-0.4, -0.2) is 36.1 Å². The maximum absolute atomic E-state index is 11.5. The Balaban J connectivity index is 2.15. The zero-order valence-electron chi connectivity index (χ0n) is 7.74. The Hall–Kier alpha value is -0.830. The van der Waals surface area contributed by atoms with Gasteiger partial charge in [-0.2, -0.15) is 0 Å². The van der Waals surface area contributed by atoms with Crippen molar-refractivity contribution in [1.29, 1.82) is 0 Å². The Morgan fingerprint density at radius 3 is 2.54 bits per heavy atom. The summed E-state index contributed by atoms with van der Waals surface area (Å²) in [5.74, 6) is 0.0676. The topological polar surface area (TPSA) is 29.5 Å². The number of piperidine rings is 1. The molecule has 0 spiro atoms. The molecule has 2 aliphatic rings. The van der Waals surface area contributed by atoms with Crippen LogP contribution >= 0.6 is 0 Å². The normalized spacial score (nSPS) is 32.8. The molecule has 3 heteroatoms. The zero-order chi connectivity index (χ0) is 9.26. The van der Waals surface area contributed by atoms with Gasteiger partial charge in [-0.1, -0.05) is 6.58 Å². The van der Waals surface area contributed by atoms with Crippen LogP contribution in [-0.2, 0) is 9.53 Å². The SMILES string of the molecule is C=CC(=O)N1[C@@H]2CCC[C@H]1COC2. The predicted octanol–water partition coefficient (Wildman–Crippen LogP) is 0.952. The lowest BCUT2D eigenvalue weighted by Crippen LogP contribution is -2.56. The average Bonchev–Trinajstić information content (AvgIpc) is 2.15. The van der Waals surface area contributed by atoms with Crippen LogP contribution in [0.4, 0.5) is 0 Å². The van der Waals surface area contributed by atoms with Crippen molar-refractivity contribution in [3.05, 3.63) is 12.7 Å². The molecule has 0 aromatic rings. The summed E-state index contributed by atoms with van der Waals surface area (Å²) in [6.07, 6.45) is 4.79. The summed E-state index contributed by atoms with van der Waals surface area (Å²) in [6, 6.07) is 0.607. The van der Waals surface area contributed by atoms with Gasteiger partial charge < -0.3 is 9.64 Å². The van der Waals surface area contributed by atoms with E-state index in [1.165, 1.54) is 12.5 Å². The van der Waals surface area contributed by atoms with Crippen LogP contribution in [0.3, 0.4) is 0 Å². The molecule has 13 heavy (non-hydrogen) atoms. The zero-order valence-corrected chi connectivity index (χ0v) is 7.74. The van der Waals surface area contributed by atoms with E-state index < -0.39 is 0 Å². The van der Waals surface area contributed by atoms with Crippen LogP contribution in [0.1, 0.15) is 19.3 Å². The molecule has 2 saturated heterocycles. The van der Waals surface area contributed by atoms with E-state index in [2.05, 4.69) is 6.58 Å². The van der Waals surface area contributed by atoms with E-state index in [0.29, 0.717) is 25.3 Å². The van der Waals surface area contributed by atoms with Crippen LogP contribution in [0.25, 0.3) is 0 Å². The van der Waals surface area contributed by atoms with E-state index in [-0.39, 0.29) is 5.91 Å². The number of fused-ring (bicyclic) bond motifs is 2. The molecule has 2 fully saturated rings. The molecule has 0 aromatic heterocycles. The van der Waals surface area contributed by atoms with Crippen molar-refractivity contribution >= 4 is 5.91 Å². The number of nitrogens with zero attached hydrogens (tertiary/aromatic N) is 1. The van der Waals surface area contributed by atoms with Crippen LogP contribution in [0.15, 0.2) is 12.7 Å². The van der Waals surface area contributed by atoms with Gasteiger partial charge in [-0.05, 0) is 25.3 Å². The van der Waals surface area contributed by atoms with Gasteiger partial charge in [0.2, 0.25) is 5.91 Å². The van der Waals surface area contributed by atoms with Gasteiger partial charge in [-0.25, -0.2) is 0 Å². The molecule has 0 unspecified atom stereocenters. The predicted molar refractivity (Wildman–Crippen MR) is 49.3 cm³/mol. The fourth-order valence-corrected chi connectivity index (χ4v) is 2.30. The highest BCUT2D eigenvalue weighted by molar-refractivity contribution is 5.87. The largest absolute Gasteiger partial charge is 0.377 e. The van der Waals surface area contributed by atoms with E-state index in [1.807, 2.05) is 4.90 Å². The molecule has 2 rings (SSSR count). The second-order valence-electron chi connectivity index (χ2n) is 3.73. The highest BCUT2D eigenvalue weighted by Gasteiger charge is 2.36.